The minimum Gasteiger partial charge on any atom is -0.439 e. The van der Waals surface area contributed by atoms with E-state index >= 15 is 0 Å². The number of hydrogen-bond donors (Lipinski definition) is 1. The molecule has 1 saturated heterocycles. The third kappa shape index (κ3) is 1.93. The van der Waals surface area contributed by atoms with Crippen molar-refractivity contribution >= 4 is 11.2 Å². The topological polar surface area (TPSA) is 51.0 Å². The Morgan fingerprint density at radius 1 is 1.50 bits per heavy atom. The summed E-state index contributed by atoms with van der Waals surface area (Å²) in [4.78, 5) is 8.54. The highest BCUT2D eigenvalue weighted by Crippen LogP contribution is 2.18. The van der Waals surface area contributed by atoms with Crippen LogP contribution < -0.4 is 5.32 Å². The summed E-state index contributed by atoms with van der Waals surface area (Å²) in [5.74, 6) is 1.60. The van der Waals surface area contributed by atoms with E-state index in [0.717, 1.165) is 49.0 Å². The van der Waals surface area contributed by atoms with E-state index < -0.39 is 0 Å². The highest BCUT2D eigenvalue weighted by atomic mass is 16.3. The molecule has 1 aliphatic rings. The zero-order chi connectivity index (χ0) is 10.8. The van der Waals surface area contributed by atoms with Gasteiger partial charge in [0.2, 0.25) is 0 Å². The van der Waals surface area contributed by atoms with Gasteiger partial charge >= 0.3 is 0 Å². The lowest BCUT2D eigenvalue weighted by Gasteiger charge is -2.04. The molecule has 0 radical (unpaired) electrons. The van der Waals surface area contributed by atoms with E-state index in [2.05, 4.69) is 15.3 Å². The first-order chi connectivity index (χ1) is 7.92. The van der Waals surface area contributed by atoms with E-state index in [0.29, 0.717) is 0 Å². The fourth-order valence-corrected chi connectivity index (χ4v) is 2.21. The lowest BCUT2D eigenvalue weighted by atomic mass is 10.0. The van der Waals surface area contributed by atoms with Crippen molar-refractivity contribution in [2.45, 2.75) is 19.3 Å². The van der Waals surface area contributed by atoms with Crippen molar-refractivity contribution in [3.63, 3.8) is 0 Å². The minimum absolute atomic E-state index is 0.724. The van der Waals surface area contributed by atoms with Gasteiger partial charge in [0, 0.05) is 12.6 Å². The summed E-state index contributed by atoms with van der Waals surface area (Å²) >= 11 is 0. The Bertz CT molecular complexity index is 441. The molecule has 1 aliphatic heterocycles. The Kier molecular flexibility index (Phi) is 2.58. The largest absolute Gasteiger partial charge is 0.439 e. The van der Waals surface area contributed by atoms with Gasteiger partial charge in [-0.2, -0.15) is 4.98 Å². The Morgan fingerprint density at radius 2 is 2.50 bits per heavy atom. The predicted octanol–water partition coefficient (Wildman–Crippen LogP) is 1.76. The predicted molar refractivity (Wildman–Crippen MR) is 61.1 cm³/mol. The maximum absolute atomic E-state index is 5.63. The maximum Gasteiger partial charge on any atom is 0.198 e. The summed E-state index contributed by atoms with van der Waals surface area (Å²) in [5.41, 5.74) is 1.52. The van der Waals surface area contributed by atoms with Crippen LogP contribution >= 0.6 is 0 Å². The quantitative estimate of drug-likeness (QED) is 0.851. The zero-order valence-electron chi connectivity index (χ0n) is 9.15. The molecule has 2 aromatic heterocycles. The van der Waals surface area contributed by atoms with Gasteiger partial charge < -0.3 is 9.73 Å². The number of aromatic nitrogens is 2. The molecular formula is C12H15N3O. The second-order valence-corrected chi connectivity index (χ2v) is 4.33. The van der Waals surface area contributed by atoms with E-state index in [-0.39, 0.29) is 0 Å². The van der Waals surface area contributed by atoms with Crippen LogP contribution in [0.4, 0.5) is 0 Å². The SMILES string of the molecule is c1cnc2nc(CCC3CCNC3)oc2c1. The van der Waals surface area contributed by atoms with Gasteiger partial charge in [-0.15, -0.1) is 0 Å². The molecule has 1 atom stereocenters. The molecule has 1 N–H and O–H groups in total. The van der Waals surface area contributed by atoms with Crippen LogP contribution in [0.1, 0.15) is 18.7 Å². The van der Waals surface area contributed by atoms with Gasteiger partial charge in [0.15, 0.2) is 17.1 Å². The van der Waals surface area contributed by atoms with Crippen LogP contribution in [-0.2, 0) is 6.42 Å². The average molecular weight is 217 g/mol. The van der Waals surface area contributed by atoms with E-state index in [4.69, 9.17) is 4.42 Å². The summed E-state index contributed by atoms with van der Waals surface area (Å²) in [6, 6.07) is 3.79. The number of pyridine rings is 1. The number of oxazole rings is 1. The summed E-state index contributed by atoms with van der Waals surface area (Å²) in [7, 11) is 0. The van der Waals surface area contributed by atoms with Crippen molar-refractivity contribution in [2.24, 2.45) is 5.92 Å². The highest BCUT2D eigenvalue weighted by molar-refractivity contribution is 5.66. The van der Waals surface area contributed by atoms with Gasteiger partial charge in [-0.25, -0.2) is 4.98 Å². The zero-order valence-corrected chi connectivity index (χ0v) is 9.15. The third-order valence-electron chi connectivity index (χ3n) is 3.14. The summed E-state index contributed by atoms with van der Waals surface area (Å²) in [6.07, 6.45) is 5.09. The number of nitrogens with one attached hydrogen (secondary N) is 1. The van der Waals surface area contributed by atoms with Crippen LogP contribution in [-0.4, -0.2) is 23.1 Å². The molecule has 1 fully saturated rings. The lowest BCUT2D eigenvalue weighted by Crippen LogP contribution is -2.09. The molecule has 3 rings (SSSR count). The fraction of sp³-hybridized carbons (Fsp3) is 0.500. The van der Waals surface area contributed by atoms with Gasteiger partial charge in [-0.05, 0) is 44.0 Å². The van der Waals surface area contributed by atoms with Crippen molar-refractivity contribution in [3.8, 4) is 0 Å². The summed E-state index contributed by atoms with van der Waals surface area (Å²) < 4.78 is 5.63. The van der Waals surface area contributed by atoms with Gasteiger partial charge in [0.25, 0.3) is 0 Å². The Morgan fingerprint density at radius 3 is 3.31 bits per heavy atom. The molecule has 0 spiro atoms. The molecule has 1 unspecified atom stereocenters. The first-order valence-electron chi connectivity index (χ1n) is 5.83. The number of rotatable bonds is 3. The Labute approximate surface area is 94.1 Å². The van der Waals surface area contributed by atoms with Crippen molar-refractivity contribution in [2.75, 3.05) is 13.1 Å². The van der Waals surface area contributed by atoms with Gasteiger partial charge in [0.1, 0.15) is 0 Å². The van der Waals surface area contributed by atoms with Crippen LogP contribution in [0.25, 0.3) is 11.2 Å². The van der Waals surface area contributed by atoms with Crippen LogP contribution in [0.5, 0.6) is 0 Å². The number of hydrogen-bond acceptors (Lipinski definition) is 4. The highest BCUT2D eigenvalue weighted by Gasteiger charge is 2.15. The van der Waals surface area contributed by atoms with Crippen LogP contribution in [0.15, 0.2) is 22.7 Å². The number of fused-ring (bicyclic) bond motifs is 1. The van der Waals surface area contributed by atoms with Gasteiger partial charge in [-0.3, -0.25) is 0 Å². The molecule has 2 aromatic rings. The molecule has 3 heterocycles. The third-order valence-corrected chi connectivity index (χ3v) is 3.14. The molecule has 0 aliphatic carbocycles. The maximum atomic E-state index is 5.63. The van der Waals surface area contributed by atoms with Crippen LogP contribution in [0.2, 0.25) is 0 Å². The average Bonchev–Trinajstić information content (AvgIpc) is 2.95. The Balaban J connectivity index is 1.69. The molecular weight excluding hydrogens is 202 g/mol. The van der Waals surface area contributed by atoms with Crippen LogP contribution in [0.3, 0.4) is 0 Å². The Hall–Kier alpha value is -1.42. The molecule has 84 valence electrons. The molecule has 0 amide bonds. The first kappa shape index (κ1) is 9.78. The van der Waals surface area contributed by atoms with Crippen molar-refractivity contribution in [1.29, 1.82) is 0 Å². The van der Waals surface area contributed by atoms with Crippen LogP contribution in [0, 0.1) is 5.92 Å². The molecule has 0 saturated carbocycles. The van der Waals surface area contributed by atoms with Crippen molar-refractivity contribution in [1.82, 2.24) is 15.3 Å². The summed E-state index contributed by atoms with van der Waals surface area (Å²) in [5, 5.41) is 3.37. The molecule has 4 nitrogen and oxygen atoms in total. The van der Waals surface area contributed by atoms with E-state index in [1.165, 1.54) is 6.42 Å². The number of aryl methyl sites for hydroxylation is 1. The first-order valence-corrected chi connectivity index (χ1v) is 5.83. The standard InChI is InChI=1S/C12H15N3O/c1-2-10-12(14-6-1)15-11(16-10)4-3-9-5-7-13-8-9/h1-2,6,9,13H,3-5,7-8H2. The van der Waals surface area contributed by atoms with E-state index in [9.17, 15) is 0 Å². The number of nitrogens with zero attached hydrogens (tertiary/aromatic N) is 2. The molecule has 0 bridgehead atoms. The fourth-order valence-electron chi connectivity index (χ4n) is 2.21. The molecule has 16 heavy (non-hydrogen) atoms. The monoisotopic (exact) mass is 217 g/mol. The second kappa shape index (κ2) is 4.22. The van der Waals surface area contributed by atoms with Gasteiger partial charge in [0.05, 0.1) is 0 Å². The molecule has 4 heteroatoms. The smallest absolute Gasteiger partial charge is 0.198 e. The molecule has 0 aromatic carbocycles. The van der Waals surface area contributed by atoms with E-state index in [1.54, 1.807) is 6.20 Å². The second-order valence-electron chi connectivity index (χ2n) is 4.33. The van der Waals surface area contributed by atoms with E-state index in [1.807, 2.05) is 12.1 Å². The van der Waals surface area contributed by atoms with Gasteiger partial charge in [-0.1, -0.05) is 0 Å². The lowest BCUT2D eigenvalue weighted by molar-refractivity contribution is 0.466. The minimum atomic E-state index is 0.724. The van der Waals surface area contributed by atoms with Crippen molar-refractivity contribution < 1.29 is 4.42 Å². The summed E-state index contributed by atoms with van der Waals surface area (Å²) in [6.45, 7) is 2.29. The normalized spacial score (nSPS) is 20.6. The van der Waals surface area contributed by atoms with Crippen molar-refractivity contribution in [3.05, 3.63) is 24.2 Å².